The van der Waals surface area contributed by atoms with Crippen LogP contribution in [0.25, 0.3) is 0 Å². The van der Waals surface area contributed by atoms with Crippen molar-refractivity contribution < 1.29 is 14.6 Å². The van der Waals surface area contributed by atoms with E-state index in [0.29, 0.717) is 16.5 Å². The van der Waals surface area contributed by atoms with Gasteiger partial charge in [-0.05, 0) is 48.4 Å². The monoisotopic (exact) mass is 305 g/mol. The van der Waals surface area contributed by atoms with E-state index in [4.69, 9.17) is 21.4 Å². The molecule has 0 unspecified atom stereocenters. The summed E-state index contributed by atoms with van der Waals surface area (Å²) in [7, 11) is 0. The average molecular weight is 306 g/mol. The molecule has 0 aliphatic carbocycles. The molecule has 0 heterocycles. The summed E-state index contributed by atoms with van der Waals surface area (Å²) in [6.45, 7) is 1.77. The summed E-state index contributed by atoms with van der Waals surface area (Å²) in [5, 5.41) is 12.3. The number of hydrogen-bond donors (Lipinski definition) is 2. The average Bonchev–Trinajstić information content (AvgIpc) is 2.48. The van der Waals surface area contributed by atoms with E-state index in [2.05, 4.69) is 5.32 Å². The van der Waals surface area contributed by atoms with E-state index >= 15 is 0 Å². The third-order valence-corrected chi connectivity index (χ3v) is 3.17. The van der Waals surface area contributed by atoms with Crippen molar-refractivity contribution >= 4 is 23.2 Å². The molecule has 0 bridgehead atoms. The zero-order chi connectivity index (χ0) is 15.2. The molecule has 0 aliphatic heterocycles. The van der Waals surface area contributed by atoms with Crippen molar-refractivity contribution in [2.24, 2.45) is 0 Å². The maximum absolute atomic E-state index is 11.8. The summed E-state index contributed by atoms with van der Waals surface area (Å²) in [6.07, 6.45) is 0. The molecule has 0 spiro atoms. The third-order valence-electron chi connectivity index (χ3n) is 2.94. The minimum atomic E-state index is -0.244. The fourth-order valence-corrected chi connectivity index (χ4v) is 2.02. The molecule has 1 amide bonds. The number of aliphatic hydroxyl groups is 1. The van der Waals surface area contributed by atoms with Crippen molar-refractivity contribution in [3.05, 3.63) is 58.6 Å². The molecule has 2 aromatic rings. The summed E-state index contributed by atoms with van der Waals surface area (Å²) in [6, 6.07) is 12.2. The number of hydrogen-bond acceptors (Lipinski definition) is 3. The van der Waals surface area contributed by atoms with E-state index in [0.717, 1.165) is 11.1 Å². The van der Waals surface area contributed by atoms with Crippen LogP contribution in [0, 0.1) is 6.92 Å². The zero-order valence-corrected chi connectivity index (χ0v) is 12.4. The summed E-state index contributed by atoms with van der Waals surface area (Å²) < 4.78 is 5.38. The number of anilines is 1. The van der Waals surface area contributed by atoms with Gasteiger partial charge in [0.1, 0.15) is 5.75 Å². The fourth-order valence-electron chi connectivity index (χ4n) is 1.79. The molecule has 2 N–H and O–H groups in total. The van der Waals surface area contributed by atoms with Gasteiger partial charge in [-0.25, -0.2) is 0 Å². The van der Waals surface area contributed by atoms with Gasteiger partial charge in [-0.1, -0.05) is 23.7 Å². The SMILES string of the molecule is Cc1cc(Cl)ccc1NC(=O)COc1ccc(CO)cc1. The van der Waals surface area contributed by atoms with Gasteiger partial charge in [-0.3, -0.25) is 4.79 Å². The molecule has 5 heteroatoms. The molecule has 0 radical (unpaired) electrons. The molecule has 2 aromatic carbocycles. The number of aryl methyl sites for hydroxylation is 1. The standard InChI is InChI=1S/C16H16ClNO3/c1-11-8-13(17)4-7-15(11)18-16(20)10-21-14-5-2-12(9-19)3-6-14/h2-8,19H,9-10H2,1H3,(H,18,20). The van der Waals surface area contributed by atoms with E-state index in [9.17, 15) is 4.79 Å². The van der Waals surface area contributed by atoms with Crippen LogP contribution in [0.2, 0.25) is 5.02 Å². The predicted molar refractivity (Wildman–Crippen MR) is 82.7 cm³/mol. The second kappa shape index (κ2) is 7.11. The van der Waals surface area contributed by atoms with E-state index < -0.39 is 0 Å². The van der Waals surface area contributed by atoms with Gasteiger partial charge < -0.3 is 15.2 Å². The number of amides is 1. The first-order chi connectivity index (χ1) is 10.1. The third kappa shape index (κ3) is 4.48. The lowest BCUT2D eigenvalue weighted by atomic mass is 10.2. The Morgan fingerprint density at radius 1 is 1.24 bits per heavy atom. The molecule has 0 saturated heterocycles. The van der Waals surface area contributed by atoms with E-state index in [1.165, 1.54) is 0 Å². The molecule has 4 nitrogen and oxygen atoms in total. The first-order valence-electron chi connectivity index (χ1n) is 6.47. The van der Waals surface area contributed by atoms with Crippen LogP contribution >= 0.6 is 11.6 Å². The molecule has 0 fully saturated rings. The van der Waals surface area contributed by atoms with Crippen molar-refractivity contribution in [1.82, 2.24) is 0 Å². The number of halogens is 1. The number of benzene rings is 2. The van der Waals surface area contributed by atoms with Crippen LogP contribution in [-0.2, 0) is 11.4 Å². The summed E-state index contributed by atoms with van der Waals surface area (Å²) >= 11 is 5.86. The van der Waals surface area contributed by atoms with Gasteiger partial charge in [0, 0.05) is 10.7 Å². The number of rotatable bonds is 5. The first kappa shape index (κ1) is 15.4. The predicted octanol–water partition coefficient (Wildman–Crippen LogP) is 3.16. The molecule has 2 rings (SSSR count). The maximum Gasteiger partial charge on any atom is 0.262 e. The fraction of sp³-hybridized carbons (Fsp3) is 0.188. The highest BCUT2D eigenvalue weighted by atomic mass is 35.5. The van der Waals surface area contributed by atoms with Gasteiger partial charge in [0.25, 0.3) is 5.91 Å². The van der Waals surface area contributed by atoms with Gasteiger partial charge in [0.2, 0.25) is 0 Å². The Morgan fingerprint density at radius 3 is 2.57 bits per heavy atom. The lowest BCUT2D eigenvalue weighted by molar-refractivity contribution is -0.118. The van der Waals surface area contributed by atoms with Crippen LogP contribution in [0.5, 0.6) is 5.75 Å². The molecule has 21 heavy (non-hydrogen) atoms. The number of ether oxygens (including phenoxy) is 1. The lowest BCUT2D eigenvalue weighted by Crippen LogP contribution is -2.20. The molecule has 0 aromatic heterocycles. The first-order valence-corrected chi connectivity index (χ1v) is 6.85. The second-order valence-corrected chi connectivity index (χ2v) is 5.03. The van der Waals surface area contributed by atoms with Gasteiger partial charge >= 0.3 is 0 Å². The normalized spacial score (nSPS) is 10.2. The number of aliphatic hydroxyl groups excluding tert-OH is 1. The van der Waals surface area contributed by atoms with Gasteiger partial charge in [-0.15, -0.1) is 0 Å². The second-order valence-electron chi connectivity index (χ2n) is 4.60. The molecule has 0 atom stereocenters. The summed E-state index contributed by atoms with van der Waals surface area (Å²) in [5.41, 5.74) is 2.40. The van der Waals surface area contributed by atoms with E-state index in [1.54, 1.807) is 42.5 Å². The largest absolute Gasteiger partial charge is 0.484 e. The molecule has 110 valence electrons. The maximum atomic E-state index is 11.8. The Balaban J connectivity index is 1.89. The highest BCUT2D eigenvalue weighted by Gasteiger charge is 2.06. The lowest BCUT2D eigenvalue weighted by Gasteiger charge is -2.10. The van der Waals surface area contributed by atoms with Crippen LogP contribution in [-0.4, -0.2) is 17.6 Å². The highest BCUT2D eigenvalue weighted by molar-refractivity contribution is 6.30. The quantitative estimate of drug-likeness (QED) is 0.892. The molecular weight excluding hydrogens is 290 g/mol. The van der Waals surface area contributed by atoms with Crippen LogP contribution in [0.1, 0.15) is 11.1 Å². The number of nitrogens with one attached hydrogen (secondary N) is 1. The van der Waals surface area contributed by atoms with Crippen molar-refractivity contribution in [1.29, 1.82) is 0 Å². The van der Waals surface area contributed by atoms with Crippen molar-refractivity contribution in [3.8, 4) is 5.75 Å². The number of carbonyl (C=O) groups excluding carboxylic acids is 1. The Morgan fingerprint density at radius 2 is 1.95 bits per heavy atom. The van der Waals surface area contributed by atoms with Crippen molar-refractivity contribution in [2.45, 2.75) is 13.5 Å². The van der Waals surface area contributed by atoms with Gasteiger partial charge in [-0.2, -0.15) is 0 Å². The Labute approximate surface area is 128 Å². The van der Waals surface area contributed by atoms with Gasteiger partial charge in [0.05, 0.1) is 6.61 Å². The molecule has 0 aliphatic rings. The number of carbonyl (C=O) groups is 1. The molecular formula is C16H16ClNO3. The summed E-state index contributed by atoms with van der Waals surface area (Å²) in [5.74, 6) is 0.335. The minimum Gasteiger partial charge on any atom is -0.484 e. The van der Waals surface area contributed by atoms with Crippen LogP contribution < -0.4 is 10.1 Å². The molecule has 0 saturated carbocycles. The highest BCUT2D eigenvalue weighted by Crippen LogP contribution is 2.19. The zero-order valence-electron chi connectivity index (χ0n) is 11.6. The van der Waals surface area contributed by atoms with E-state index in [1.807, 2.05) is 6.92 Å². The summed E-state index contributed by atoms with van der Waals surface area (Å²) in [4.78, 5) is 11.8. The van der Waals surface area contributed by atoms with Crippen molar-refractivity contribution in [3.63, 3.8) is 0 Å². The van der Waals surface area contributed by atoms with Crippen molar-refractivity contribution in [2.75, 3.05) is 11.9 Å². The van der Waals surface area contributed by atoms with Crippen LogP contribution in [0.4, 0.5) is 5.69 Å². The minimum absolute atomic E-state index is 0.0173. The van der Waals surface area contributed by atoms with E-state index in [-0.39, 0.29) is 19.1 Å². The van der Waals surface area contributed by atoms with Crippen LogP contribution in [0.15, 0.2) is 42.5 Å². The smallest absolute Gasteiger partial charge is 0.262 e. The Hall–Kier alpha value is -2.04. The van der Waals surface area contributed by atoms with Gasteiger partial charge in [0.15, 0.2) is 6.61 Å². The Bertz CT molecular complexity index is 626. The Kier molecular flexibility index (Phi) is 5.20. The van der Waals surface area contributed by atoms with Crippen LogP contribution in [0.3, 0.4) is 0 Å². The topological polar surface area (TPSA) is 58.6 Å².